The van der Waals surface area contributed by atoms with Gasteiger partial charge in [-0.3, -0.25) is 9.59 Å². The lowest BCUT2D eigenvalue weighted by molar-refractivity contribution is 0.101. The van der Waals surface area contributed by atoms with Crippen molar-refractivity contribution in [2.75, 3.05) is 10.6 Å². The molecular weight excluding hydrogens is 795 g/mol. The summed E-state index contributed by atoms with van der Waals surface area (Å²) in [5.74, 6) is -1.62. The number of amides is 2. The van der Waals surface area contributed by atoms with E-state index in [9.17, 15) is 19.8 Å². The zero-order chi connectivity index (χ0) is 41.9. The number of phenolic OH excluding ortho intramolecular Hbond substituents is 2. The Morgan fingerprint density at radius 2 is 0.867 bits per heavy atom. The first-order valence-corrected chi connectivity index (χ1v) is 19.5. The van der Waals surface area contributed by atoms with E-state index in [1.165, 1.54) is 0 Å². The van der Waals surface area contributed by atoms with E-state index in [1.807, 2.05) is 74.5 Å². The van der Waals surface area contributed by atoms with Crippen LogP contribution in [-0.2, 0) is 0 Å². The lowest BCUT2D eigenvalue weighted by Gasteiger charge is -2.12. The van der Waals surface area contributed by atoms with E-state index in [0.29, 0.717) is 44.3 Å². The molecule has 0 saturated heterocycles. The maximum absolute atomic E-state index is 13.3. The van der Waals surface area contributed by atoms with Crippen LogP contribution in [0.2, 0.25) is 10.0 Å². The number of hydrogen-bond donors (Lipinski definition) is 4. The number of azo groups is 2. The molecule has 0 unspecified atom stereocenters. The zero-order valence-electron chi connectivity index (χ0n) is 32.1. The van der Waals surface area contributed by atoms with E-state index in [2.05, 4.69) is 31.1 Å². The first kappa shape index (κ1) is 39.4. The van der Waals surface area contributed by atoms with Crippen molar-refractivity contribution >= 4 is 90.7 Å². The van der Waals surface area contributed by atoms with Gasteiger partial charge in [0.15, 0.2) is 11.5 Å². The summed E-state index contributed by atoms with van der Waals surface area (Å²) in [5.41, 5.74) is 5.73. The molecule has 8 aromatic carbocycles. The number of nitrogens with one attached hydrogen (secondary N) is 2. The van der Waals surface area contributed by atoms with Gasteiger partial charge in [0, 0.05) is 22.1 Å². The van der Waals surface area contributed by atoms with Gasteiger partial charge in [0.05, 0.1) is 21.2 Å². The van der Waals surface area contributed by atoms with Crippen LogP contribution in [0.15, 0.2) is 166 Å². The van der Waals surface area contributed by atoms with Gasteiger partial charge >= 0.3 is 0 Å². The standard InChI is InChI=1S/C48H34Cl2N6O4/c1-27-11-17-33(18-12-27)51-47(59)37-23-31-7-3-5-9-35(31)43(45(37)57)55-53-41-21-15-29(25-39(41)49)30-16-22-42(40(50)26-30)54-56-44-36-10-6-4-8-32(36)24-38(46(44)58)48(60)52-34-19-13-28(2)14-20-34/h3-26,57-58H,1-2H3,(H,51,59)(H,52,60). The highest BCUT2D eigenvalue weighted by atomic mass is 35.5. The molecule has 0 heterocycles. The summed E-state index contributed by atoms with van der Waals surface area (Å²) in [4.78, 5) is 26.6. The molecule has 0 aliphatic carbocycles. The Morgan fingerprint density at radius 3 is 1.25 bits per heavy atom. The third-order valence-electron chi connectivity index (χ3n) is 9.84. The van der Waals surface area contributed by atoms with Crippen molar-refractivity contribution in [3.8, 4) is 22.6 Å². The molecule has 12 heteroatoms. The quantitative estimate of drug-likeness (QED) is 0.107. The summed E-state index contributed by atoms with van der Waals surface area (Å²) in [7, 11) is 0. The molecule has 0 aliphatic rings. The minimum Gasteiger partial charge on any atom is -0.505 e. The first-order valence-electron chi connectivity index (χ1n) is 18.7. The van der Waals surface area contributed by atoms with Crippen molar-refractivity contribution < 1.29 is 19.8 Å². The molecule has 0 spiro atoms. The van der Waals surface area contributed by atoms with Crippen LogP contribution in [0, 0.1) is 13.8 Å². The molecule has 2 amide bonds. The predicted molar refractivity (Wildman–Crippen MR) is 240 cm³/mol. The Hall–Kier alpha value is -7.40. The molecule has 60 heavy (non-hydrogen) atoms. The largest absolute Gasteiger partial charge is 0.505 e. The number of anilines is 2. The van der Waals surface area contributed by atoms with Gasteiger partial charge in [0.2, 0.25) is 0 Å². The van der Waals surface area contributed by atoms with Crippen LogP contribution in [0.25, 0.3) is 32.7 Å². The van der Waals surface area contributed by atoms with E-state index < -0.39 is 11.8 Å². The van der Waals surface area contributed by atoms with Crippen LogP contribution < -0.4 is 10.6 Å². The molecule has 294 valence electrons. The minimum absolute atomic E-state index is 0.0458. The van der Waals surface area contributed by atoms with Crippen LogP contribution in [-0.4, -0.2) is 22.0 Å². The number of fused-ring (bicyclic) bond motifs is 2. The van der Waals surface area contributed by atoms with Crippen molar-refractivity contribution in [1.82, 2.24) is 0 Å². The third kappa shape index (κ3) is 8.28. The second-order valence-corrected chi connectivity index (χ2v) is 14.9. The molecule has 4 N–H and O–H groups in total. The molecule has 0 atom stereocenters. The number of halogens is 2. The Bertz CT molecular complexity index is 2830. The maximum atomic E-state index is 13.3. The normalized spacial score (nSPS) is 11.5. The number of hydrogen-bond acceptors (Lipinski definition) is 8. The number of aryl methyl sites for hydroxylation is 2. The van der Waals surface area contributed by atoms with Crippen molar-refractivity contribution in [1.29, 1.82) is 0 Å². The predicted octanol–water partition coefficient (Wildman–Crippen LogP) is 14.3. The first-order chi connectivity index (χ1) is 29.0. The van der Waals surface area contributed by atoms with Crippen molar-refractivity contribution in [2.24, 2.45) is 20.5 Å². The number of nitrogens with zero attached hydrogens (tertiary/aromatic N) is 4. The van der Waals surface area contributed by atoms with Gasteiger partial charge in [-0.1, -0.05) is 119 Å². The van der Waals surface area contributed by atoms with Crippen molar-refractivity contribution in [3.63, 3.8) is 0 Å². The van der Waals surface area contributed by atoms with E-state index in [-0.39, 0.29) is 44.0 Å². The van der Waals surface area contributed by atoms with Crippen LogP contribution >= 0.6 is 23.2 Å². The highest BCUT2D eigenvalue weighted by Crippen LogP contribution is 2.43. The molecule has 0 bridgehead atoms. The molecule has 8 aromatic rings. The zero-order valence-corrected chi connectivity index (χ0v) is 33.6. The highest BCUT2D eigenvalue weighted by Gasteiger charge is 2.21. The van der Waals surface area contributed by atoms with Crippen LogP contribution in [0.3, 0.4) is 0 Å². The lowest BCUT2D eigenvalue weighted by atomic mass is 10.0. The Labute approximate surface area is 354 Å². The van der Waals surface area contributed by atoms with E-state index in [0.717, 1.165) is 22.3 Å². The topological polar surface area (TPSA) is 148 Å². The van der Waals surface area contributed by atoms with E-state index >= 15 is 0 Å². The highest BCUT2D eigenvalue weighted by molar-refractivity contribution is 6.34. The average Bonchev–Trinajstić information content (AvgIpc) is 3.25. The number of benzene rings is 8. The molecule has 0 saturated carbocycles. The van der Waals surface area contributed by atoms with E-state index in [1.54, 1.807) is 84.9 Å². The molecule has 10 nitrogen and oxygen atoms in total. The molecule has 0 aliphatic heterocycles. The molecule has 0 radical (unpaired) electrons. The second kappa shape index (κ2) is 16.8. The van der Waals surface area contributed by atoms with Gasteiger partial charge in [-0.05, 0) is 96.4 Å². The van der Waals surface area contributed by atoms with Gasteiger partial charge in [0.25, 0.3) is 11.8 Å². The third-order valence-corrected chi connectivity index (χ3v) is 10.4. The number of carbonyl (C=O) groups is 2. The number of phenols is 2. The Kier molecular flexibility index (Phi) is 11.1. The summed E-state index contributed by atoms with van der Waals surface area (Å²) in [6, 6.07) is 42.8. The number of carbonyl (C=O) groups excluding carboxylic acids is 2. The number of aromatic hydroxyl groups is 2. The summed E-state index contributed by atoms with van der Waals surface area (Å²) < 4.78 is 0. The van der Waals surface area contributed by atoms with Crippen molar-refractivity contribution in [2.45, 2.75) is 13.8 Å². The summed E-state index contributed by atoms with van der Waals surface area (Å²) in [5, 5.41) is 49.0. The van der Waals surface area contributed by atoms with Crippen LogP contribution in [0.4, 0.5) is 34.1 Å². The smallest absolute Gasteiger partial charge is 0.259 e. The lowest BCUT2D eigenvalue weighted by Crippen LogP contribution is -2.12. The molecular formula is C48H34Cl2N6O4. The SMILES string of the molecule is Cc1ccc(NC(=O)c2cc3ccccc3c(N=Nc3ccc(-c4ccc(N=Nc5c(O)c(C(=O)Nc6ccc(C)cc6)cc6ccccc56)c(Cl)c4)cc3Cl)c2O)cc1. The summed E-state index contributed by atoms with van der Waals surface area (Å²) >= 11 is 13.5. The minimum atomic E-state index is -0.494. The van der Waals surface area contributed by atoms with Gasteiger partial charge < -0.3 is 20.8 Å². The van der Waals surface area contributed by atoms with Gasteiger partial charge in [-0.15, -0.1) is 20.5 Å². The Morgan fingerprint density at radius 1 is 0.483 bits per heavy atom. The maximum Gasteiger partial charge on any atom is 0.259 e. The summed E-state index contributed by atoms with van der Waals surface area (Å²) in [6.07, 6.45) is 0. The van der Waals surface area contributed by atoms with Gasteiger partial charge in [-0.2, -0.15) is 0 Å². The van der Waals surface area contributed by atoms with Gasteiger partial charge in [0.1, 0.15) is 22.7 Å². The second-order valence-electron chi connectivity index (χ2n) is 14.1. The average molecular weight is 830 g/mol. The van der Waals surface area contributed by atoms with Crippen LogP contribution in [0.5, 0.6) is 11.5 Å². The molecule has 8 rings (SSSR count). The number of rotatable bonds is 9. The molecule has 0 aromatic heterocycles. The summed E-state index contributed by atoms with van der Waals surface area (Å²) in [6.45, 7) is 3.91. The fourth-order valence-electron chi connectivity index (χ4n) is 6.60. The van der Waals surface area contributed by atoms with Crippen LogP contribution in [0.1, 0.15) is 31.8 Å². The molecule has 0 fully saturated rings. The Balaban J connectivity index is 1.04. The fraction of sp³-hybridized carbons (Fsp3) is 0.0417. The van der Waals surface area contributed by atoms with E-state index in [4.69, 9.17) is 23.2 Å². The monoisotopic (exact) mass is 828 g/mol. The fourth-order valence-corrected chi connectivity index (χ4v) is 7.03. The van der Waals surface area contributed by atoms with Gasteiger partial charge in [-0.25, -0.2) is 0 Å². The van der Waals surface area contributed by atoms with Crippen molar-refractivity contribution in [3.05, 3.63) is 178 Å².